The van der Waals surface area contributed by atoms with E-state index in [1.807, 2.05) is 18.2 Å². The Balaban J connectivity index is 4.60. The van der Waals surface area contributed by atoms with Crippen LogP contribution in [0.3, 0.4) is 0 Å². The first-order valence-corrected chi connectivity index (χ1v) is 7.98. The van der Waals surface area contributed by atoms with Crippen LogP contribution in [0.4, 0.5) is 0 Å². The van der Waals surface area contributed by atoms with Crippen LogP contribution < -0.4 is 4.89 Å². The Bertz CT molecular complexity index is 182. The summed E-state index contributed by atoms with van der Waals surface area (Å²) in [4.78, 5) is 3.25. The third-order valence-electron chi connectivity index (χ3n) is 2.02. The molecule has 14 heavy (non-hydrogen) atoms. The van der Waals surface area contributed by atoms with Gasteiger partial charge in [-0.25, -0.2) is 0 Å². The van der Waals surface area contributed by atoms with Gasteiger partial charge in [0.05, 0.1) is 0 Å². The van der Waals surface area contributed by atoms with Gasteiger partial charge >= 0.3 is 5.68 Å². The van der Waals surface area contributed by atoms with Crippen molar-refractivity contribution < 1.29 is 0 Å². The van der Waals surface area contributed by atoms with E-state index in [4.69, 9.17) is 22.9 Å². The van der Waals surface area contributed by atoms with Crippen LogP contribution in [0.2, 0.25) is 18.1 Å². The van der Waals surface area contributed by atoms with Gasteiger partial charge in [-0.2, -0.15) is 0 Å². The van der Waals surface area contributed by atoms with E-state index >= 15 is 0 Å². The molecule has 0 aliphatic heterocycles. The third-order valence-corrected chi connectivity index (χ3v) is 6.72. The van der Waals surface area contributed by atoms with Gasteiger partial charge in [-0.05, 0) is 18.1 Å². The summed E-state index contributed by atoms with van der Waals surface area (Å²) in [6.07, 6.45) is 5.72. The highest BCUT2D eigenvalue weighted by Gasteiger charge is 2.31. The summed E-state index contributed by atoms with van der Waals surface area (Å²) in [5.41, 5.74) is -0.526. The standard InChI is InChI=1S/C9H16BCl2NSi/c1-4-7-14(8-5-2,9-6-3)13-10(11)12/h4-6,13H,1-3,7-9H2. The van der Waals surface area contributed by atoms with Gasteiger partial charge in [0.2, 0.25) is 0 Å². The summed E-state index contributed by atoms with van der Waals surface area (Å²) in [5.74, 6) is 0. The molecule has 0 aliphatic carbocycles. The molecule has 1 nitrogen and oxygen atoms in total. The Hall–Kier alpha value is 0.0418. The molecule has 0 saturated carbocycles. The highest BCUT2D eigenvalue weighted by atomic mass is 35.5. The zero-order valence-corrected chi connectivity index (χ0v) is 10.8. The fraction of sp³-hybridized carbons (Fsp3) is 0.333. The second kappa shape index (κ2) is 7.35. The van der Waals surface area contributed by atoms with Gasteiger partial charge in [0.15, 0.2) is 0 Å². The fourth-order valence-corrected chi connectivity index (χ4v) is 5.85. The predicted octanol–water partition coefficient (Wildman–Crippen LogP) is 3.54. The molecule has 0 heterocycles. The van der Waals surface area contributed by atoms with E-state index in [1.165, 1.54) is 0 Å². The van der Waals surface area contributed by atoms with Crippen molar-refractivity contribution in [2.75, 3.05) is 0 Å². The van der Waals surface area contributed by atoms with Gasteiger partial charge in [0, 0.05) is 0 Å². The first kappa shape index (κ1) is 14.0. The van der Waals surface area contributed by atoms with E-state index in [0.29, 0.717) is 0 Å². The molecule has 0 fully saturated rings. The smallest absolute Gasteiger partial charge is 0.350 e. The van der Waals surface area contributed by atoms with Crippen LogP contribution in [0.15, 0.2) is 38.0 Å². The average Bonchev–Trinajstić information content (AvgIpc) is 2.03. The zero-order valence-electron chi connectivity index (χ0n) is 8.31. The maximum atomic E-state index is 5.76. The molecule has 1 N–H and O–H groups in total. The number of halogens is 2. The van der Waals surface area contributed by atoms with Gasteiger partial charge < -0.3 is 4.89 Å². The van der Waals surface area contributed by atoms with Crippen molar-refractivity contribution in [2.45, 2.75) is 18.1 Å². The molecule has 78 valence electrons. The third kappa shape index (κ3) is 5.06. The van der Waals surface area contributed by atoms with Crippen molar-refractivity contribution >= 4 is 36.8 Å². The highest BCUT2D eigenvalue weighted by Crippen LogP contribution is 2.20. The molecule has 5 heteroatoms. The molecule has 0 bridgehead atoms. The van der Waals surface area contributed by atoms with Crippen molar-refractivity contribution in [1.82, 2.24) is 4.89 Å². The molecule has 0 atom stereocenters. The van der Waals surface area contributed by atoms with E-state index < -0.39 is 13.9 Å². The maximum Gasteiger partial charge on any atom is 0.425 e. The van der Waals surface area contributed by atoms with E-state index in [9.17, 15) is 0 Å². The normalized spacial score (nSPS) is 10.7. The molecule has 0 radical (unpaired) electrons. The summed E-state index contributed by atoms with van der Waals surface area (Å²) in [6, 6.07) is 2.75. The molecule has 0 aromatic carbocycles. The first-order chi connectivity index (χ1) is 6.60. The van der Waals surface area contributed by atoms with E-state index in [-0.39, 0.29) is 0 Å². The molecule has 0 aromatic rings. The molecular weight excluding hydrogens is 232 g/mol. The highest BCUT2D eigenvalue weighted by molar-refractivity contribution is 7.34. The number of hydrogen-bond donors (Lipinski definition) is 1. The summed E-state index contributed by atoms with van der Waals surface area (Å²) in [5, 5.41) is 0. The van der Waals surface area contributed by atoms with Crippen molar-refractivity contribution in [2.24, 2.45) is 0 Å². The monoisotopic (exact) mass is 247 g/mol. The Labute approximate surface area is 97.9 Å². The van der Waals surface area contributed by atoms with Crippen LogP contribution in [0.1, 0.15) is 0 Å². The largest absolute Gasteiger partial charge is 0.425 e. The lowest BCUT2D eigenvalue weighted by atomic mass is 10.4. The summed E-state index contributed by atoms with van der Waals surface area (Å²) < 4.78 is 0. The van der Waals surface area contributed by atoms with Crippen molar-refractivity contribution in [3.05, 3.63) is 38.0 Å². The Morgan fingerprint density at radius 1 is 1.00 bits per heavy atom. The molecule has 0 aromatic heterocycles. The van der Waals surface area contributed by atoms with Gasteiger partial charge in [-0.15, -0.1) is 42.7 Å². The number of allylic oxidation sites excluding steroid dienone is 3. The molecule has 0 rings (SSSR count). The van der Waals surface area contributed by atoms with E-state index in [0.717, 1.165) is 18.1 Å². The van der Waals surface area contributed by atoms with E-state index in [2.05, 4.69) is 24.6 Å². The number of nitrogens with one attached hydrogen (secondary N) is 1. The lowest BCUT2D eigenvalue weighted by Crippen LogP contribution is -2.52. The minimum atomic E-state index is -1.73. The van der Waals surface area contributed by atoms with Crippen molar-refractivity contribution in [3.8, 4) is 0 Å². The van der Waals surface area contributed by atoms with Crippen LogP contribution in [-0.4, -0.2) is 13.9 Å². The lowest BCUT2D eigenvalue weighted by Gasteiger charge is -2.29. The van der Waals surface area contributed by atoms with Crippen LogP contribution in [0.25, 0.3) is 0 Å². The average molecular weight is 248 g/mol. The minimum Gasteiger partial charge on any atom is -0.350 e. The van der Waals surface area contributed by atoms with Crippen LogP contribution in [0.5, 0.6) is 0 Å². The van der Waals surface area contributed by atoms with E-state index in [1.54, 1.807) is 0 Å². The van der Waals surface area contributed by atoms with Crippen LogP contribution in [0, 0.1) is 0 Å². The van der Waals surface area contributed by atoms with Gasteiger partial charge in [0.25, 0.3) is 0 Å². The van der Waals surface area contributed by atoms with Gasteiger partial charge in [0.1, 0.15) is 8.24 Å². The molecule has 0 unspecified atom stereocenters. The van der Waals surface area contributed by atoms with Gasteiger partial charge in [-0.1, -0.05) is 18.2 Å². The Morgan fingerprint density at radius 2 is 1.36 bits per heavy atom. The lowest BCUT2D eigenvalue weighted by molar-refractivity contribution is 1.24. The molecule has 0 spiro atoms. The first-order valence-electron chi connectivity index (χ1n) is 4.49. The quantitative estimate of drug-likeness (QED) is 0.511. The molecular formula is C9H16BCl2NSi. The van der Waals surface area contributed by atoms with Crippen LogP contribution in [-0.2, 0) is 0 Å². The van der Waals surface area contributed by atoms with Crippen LogP contribution >= 0.6 is 22.9 Å². The fourth-order valence-electron chi connectivity index (χ4n) is 1.49. The number of hydrogen-bond acceptors (Lipinski definition) is 1. The molecule has 0 aliphatic rings. The molecule has 0 saturated heterocycles. The molecule has 0 amide bonds. The Kier molecular flexibility index (Phi) is 7.37. The summed E-state index contributed by atoms with van der Waals surface area (Å²) >= 11 is 11.5. The minimum absolute atomic E-state index is 0.526. The topological polar surface area (TPSA) is 12.0 Å². The van der Waals surface area contributed by atoms with Gasteiger partial charge in [-0.3, -0.25) is 0 Å². The SMILES string of the molecule is C=CC[Si](CC=C)(CC=C)NB(Cl)Cl. The summed E-state index contributed by atoms with van der Waals surface area (Å²) in [6.45, 7) is 11.3. The Morgan fingerprint density at radius 3 is 1.57 bits per heavy atom. The number of rotatable bonds is 8. The predicted molar refractivity (Wildman–Crippen MR) is 71.4 cm³/mol. The summed E-state index contributed by atoms with van der Waals surface area (Å²) in [7, 11) is -1.73. The zero-order chi connectivity index (χ0) is 11.0. The van der Waals surface area contributed by atoms with Crippen molar-refractivity contribution in [1.29, 1.82) is 0 Å². The maximum absolute atomic E-state index is 5.76. The second-order valence-corrected chi connectivity index (χ2v) is 8.37. The second-order valence-electron chi connectivity index (χ2n) is 3.20. The van der Waals surface area contributed by atoms with Crippen molar-refractivity contribution in [3.63, 3.8) is 0 Å².